The lowest BCUT2D eigenvalue weighted by atomic mass is 9.91. The van der Waals surface area contributed by atoms with Crippen molar-refractivity contribution in [1.82, 2.24) is 0 Å². The van der Waals surface area contributed by atoms with Gasteiger partial charge in [0.1, 0.15) is 51.7 Å². The third-order valence-electron chi connectivity index (χ3n) is 12.7. The van der Waals surface area contributed by atoms with Gasteiger partial charge in [-0.3, -0.25) is 4.79 Å². The lowest BCUT2D eigenvalue weighted by Gasteiger charge is -2.21. The van der Waals surface area contributed by atoms with E-state index in [0.29, 0.717) is 78.5 Å². The first-order valence-electron chi connectivity index (χ1n) is 28.0. The van der Waals surface area contributed by atoms with Crippen LogP contribution in [-0.4, -0.2) is 57.6 Å². The molecule has 0 bridgehead atoms. The first kappa shape index (κ1) is 64.8. The number of rotatable bonds is 29. The SMILES string of the molecule is CCOC(C)Oc1ccc(Oc2ccc(C(C)CC)cc2)cc1.CCOC(C)Oc1ccc(Oc2ccc(C(C)CC)cc2)cc1OC(C)OCC.CCOC(C)Oc1ccc(Oc2ccc(OC(=O)C(C)(C)CC)cc2)cc1. The molecule has 0 aliphatic rings. The van der Waals surface area contributed by atoms with Crippen LogP contribution in [0.4, 0.5) is 0 Å². The smallest absolute Gasteiger partial charge is 0.316 e. The summed E-state index contributed by atoms with van der Waals surface area (Å²) in [4.78, 5) is 12.1. The van der Waals surface area contributed by atoms with Crippen molar-refractivity contribution in [2.45, 2.75) is 160 Å². The Morgan fingerprint density at radius 1 is 0.367 bits per heavy atom. The third-order valence-corrected chi connectivity index (χ3v) is 12.7. The minimum atomic E-state index is -0.501. The van der Waals surface area contributed by atoms with E-state index in [2.05, 4.69) is 52.0 Å². The van der Waals surface area contributed by atoms with E-state index in [1.807, 2.05) is 167 Å². The third kappa shape index (κ3) is 23.2. The van der Waals surface area contributed by atoms with Crippen LogP contribution in [0.5, 0.6) is 63.2 Å². The highest BCUT2D eigenvalue weighted by atomic mass is 16.7. The van der Waals surface area contributed by atoms with Crippen molar-refractivity contribution in [3.05, 3.63) is 151 Å². The van der Waals surface area contributed by atoms with Crippen LogP contribution >= 0.6 is 0 Å². The first-order valence-corrected chi connectivity index (χ1v) is 28.0. The summed E-state index contributed by atoms with van der Waals surface area (Å²) >= 11 is 0. The number of hydrogen-bond donors (Lipinski definition) is 0. The zero-order chi connectivity index (χ0) is 57.7. The molecule has 0 saturated heterocycles. The summed E-state index contributed by atoms with van der Waals surface area (Å²) in [5, 5.41) is 0. The molecule has 6 aromatic rings. The predicted molar refractivity (Wildman–Crippen MR) is 313 cm³/mol. The Balaban J connectivity index is 0.000000257. The average Bonchev–Trinajstić information content (AvgIpc) is 3.45. The molecule has 0 N–H and O–H groups in total. The van der Waals surface area contributed by atoms with Crippen molar-refractivity contribution < 1.29 is 61.6 Å². The van der Waals surface area contributed by atoms with Crippen LogP contribution in [0.3, 0.4) is 0 Å². The zero-order valence-corrected chi connectivity index (χ0v) is 49.5. The molecule has 6 rings (SSSR count). The highest BCUT2D eigenvalue weighted by Crippen LogP contribution is 2.36. The van der Waals surface area contributed by atoms with E-state index in [-0.39, 0.29) is 24.8 Å². The number of ether oxygens (including phenoxy) is 12. The summed E-state index contributed by atoms with van der Waals surface area (Å²) in [6.45, 7) is 32.1. The van der Waals surface area contributed by atoms with Gasteiger partial charge in [0.05, 0.1) is 5.41 Å². The molecule has 6 unspecified atom stereocenters. The molecule has 0 heterocycles. The lowest BCUT2D eigenvalue weighted by Crippen LogP contribution is -2.28. The standard InChI is InChI=1S/C24H34O5.C22H28O5.C20H26O3/c1-7-17(4)20-10-12-21(13-11-20)29-22-14-15-23(27-18(5)25-8-2)24(16-22)28-19(6)26-9-3;1-6-22(4,5)21(23)27-20-14-12-19(13-15-20)26-18-10-8-17(9-11-18)25-16(3)24-7-2;1-5-15(3)17-7-9-19(10-8-17)23-20-13-11-18(12-14-20)22-16(4)21-6-2/h10-19H,7-9H2,1-6H3;8-16H,6-7H2,1-5H3;7-16H,5-6H2,1-4H3. The second-order valence-corrected chi connectivity index (χ2v) is 19.3. The Hall–Kier alpha value is -6.77. The lowest BCUT2D eigenvalue weighted by molar-refractivity contribution is -0.144. The zero-order valence-electron chi connectivity index (χ0n) is 49.5. The first-order chi connectivity index (χ1) is 37.9. The van der Waals surface area contributed by atoms with Crippen LogP contribution in [0.2, 0.25) is 0 Å². The fraction of sp³-hybridized carbons (Fsp3) is 0.439. The van der Waals surface area contributed by atoms with Gasteiger partial charge in [0, 0.05) is 32.5 Å². The molecule has 0 aromatic heterocycles. The summed E-state index contributed by atoms with van der Waals surface area (Å²) in [7, 11) is 0. The number of carbonyl (C=O) groups is 1. The average molecular weight is 1090 g/mol. The molecule has 430 valence electrons. The van der Waals surface area contributed by atoms with Crippen molar-refractivity contribution in [2.75, 3.05) is 26.4 Å². The van der Waals surface area contributed by atoms with Gasteiger partial charge in [-0.05, 0) is 221 Å². The predicted octanol–water partition coefficient (Wildman–Crippen LogP) is 17.9. The van der Waals surface area contributed by atoms with Gasteiger partial charge in [0.15, 0.2) is 36.7 Å². The summed E-state index contributed by atoms with van der Waals surface area (Å²) in [6.07, 6.45) is 1.63. The molecule has 0 spiro atoms. The summed E-state index contributed by atoms with van der Waals surface area (Å²) in [5.74, 6) is 8.39. The highest BCUT2D eigenvalue weighted by Gasteiger charge is 2.27. The van der Waals surface area contributed by atoms with Gasteiger partial charge in [-0.1, -0.05) is 58.9 Å². The molecule has 6 aromatic carbocycles. The van der Waals surface area contributed by atoms with E-state index in [9.17, 15) is 4.79 Å². The van der Waals surface area contributed by atoms with Gasteiger partial charge >= 0.3 is 5.97 Å². The van der Waals surface area contributed by atoms with Crippen LogP contribution in [0, 0.1) is 5.41 Å². The second kappa shape index (κ2) is 34.3. The monoisotopic (exact) mass is 1090 g/mol. The number of carbonyl (C=O) groups excluding carboxylic acids is 1. The number of hydrogen-bond acceptors (Lipinski definition) is 13. The van der Waals surface area contributed by atoms with E-state index in [4.69, 9.17) is 56.8 Å². The molecule has 79 heavy (non-hydrogen) atoms. The molecular formula is C66H88O13. The van der Waals surface area contributed by atoms with Crippen molar-refractivity contribution in [3.63, 3.8) is 0 Å². The van der Waals surface area contributed by atoms with Crippen LogP contribution in [0.25, 0.3) is 0 Å². The van der Waals surface area contributed by atoms with E-state index in [1.165, 1.54) is 11.1 Å². The van der Waals surface area contributed by atoms with E-state index >= 15 is 0 Å². The van der Waals surface area contributed by atoms with E-state index in [1.54, 1.807) is 24.3 Å². The molecule has 13 nitrogen and oxygen atoms in total. The summed E-state index contributed by atoms with van der Waals surface area (Å²) in [6, 6.07) is 43.8. The summed E-state index contributed by atoms with van der Waals surface area (Å²) in [5.41, 5.74) is 2.15. The largest absolute Gasteiger partial charge is 0.465 e. The van der Waals surface area contributed by atoms with Gasteiger partial charge in [0.2, 0.25) is 0 Å². The molecule has 0 radical (unpaired) electrons. The van der Waals surface area contributed by atoms with Crippen LogP contribution in [-0.2, 0) is 23.7 Å². The molecule has 0 amide bonds. The fourth-order valence-corrected chi connectivity index (χ4v) is 7.30. The molecule has 6 atom stereocenters. The maximum Gasteiger partial charge on any atom is 0.316 e. The Morgan fingerprint density at radius 3 is 1.00 bits per heavy atom. The van der Waals surface area contributed by atoms with Gasteiger partial charge in [-0.25, -0.2) is 0 Å². The Kier molecular flexibility index (Phi) is 28.1. The summed E-state index contributed by atoms with van der Waals surface area (Å²) < 4.78 is 67.9. The molecule has 0 aliphatic heterocycles. The van der Waals surface area contributed by atoms with Crippen molar-refractivity contribution in [3.8, 4) is 63.2 Å². The molecular weight excluding hydrogens is 1000 g/mol. The van der Waals surface area contributed by atoms with Crippen molar-refractivity contribution in [2.24, 2.45) is 5.41 Å². The fourth-order valence-electron chi connectivity index (χ4n) is 7.30. The van der Waals surface area contributed by atoms with Gasteiger partial charge < -0.3 is 56.8 Å². The van der Waals surface area contributed by atoms with Gasteiger partial charge in [0.25, 0.3) is 0 Å². The second-order valence-electron chi connectivity index (χ2n) is 19.3. The van der Waals surface area contributed by atoms with Crippen molar-refractivity contribution >= 4 is 5.97 Å². The Bertz CT molecular complexity index is 2600. The maximum atomic E-state index is 12.1. The molecule has 13 heteroatoms. The molecule has 0 fully saturated rings. The topological polar surface area (TPSA) is 128 Å². The minimum Gasteiger partial charge on any atom is -0.465 e. The minimum absolute atomic E-state index is 0.240. The molecule has 0 aliphatic carbocycles. The molecule has 0 saturated carbocycles. The number of benzene rings is 6. The van der Waals surface area contributed by atoms with Crippen LogP contribution in [0.1, 0.15) is 146 Å². The van der Waals surface area contributed by atoms with Crippen molar-refractivity contribution in [1.29, 1.82) is 0 Å². The number of esters is 1. The highest BCUT2D eigenvalue weighted by molar-refractivity contribution is 5.78. The van der Waals surface area contributed by atoms with E-state index < -0.39 is 11.7 Å². The quantitative estimate of drug-likeness (QED) is 0.0251. The van der Waals surface area contributed by atoms with Crippen LogP contribution < -0.4 is 37.9 Å². The Morgan fingerprint density at radius 2 is 0.658 bits per heavy atom. The van der Waals surface area contributed by atoms with Gasteiger partial charge in [-0.2, -0.15) is 0 Å². The van der Waals surface area contributed by atoms with Crippen LogP contribution in [0.15, 0.2) is 140 Å². The maximum absolute atomic E-state index is 12.1. The van der Waals surface area contributed by atoms with Gasteiger partial charge in [-0.15, -0.1) is 0 Å². The Labute approximate surface area is 471 Å². The van der Waals surface area contributed by atoms with E-state index in [0.717, 1.165) is 42.3 Å². The normalized spacial score (nSPS) is 13.3.